The molecule has 0 aliphatic rings. The molecule has 0 saturated heterocycles. The van der Waals surface area contributed by atoms with E-state index in [4.69, 9.17) is 5.84 Å². The molecule has 0 aromatic heterocycles. The van der Waals surface area contributed by atoms with Gasteiger partial charge in [-0.15, -0.1) is 0 Å². The van der Waals surface area contributed by atoms with Gasteiger partial charge in [0, 0.05) is 17.4 Å². The van der Waals surface area contributed by atoms with Crippen LogP contribution in [0.4, 0.5) is 8.78 Å². The highest BCUT2D eigenvalue weighted by Crippen LogP contribution is 2.20. The van der Waals surface area contributed by atoms with E-state index in [-0.39, 0.29) is 6.04 Å². The number of hydrogen-bond donors (Lipinski definition) is 2. The van der Waals surface area contributed by atoms with Gasteiger partial charge in [0.15, 0.2) is 0 Å². The Morgan fingerprint density at radius 2 is 2.21 bits per heavy atom. The fourth-order valence-electron chi connectivity index (χ4n) is 1.18. The predicted octanol–water partition coefficient (Wildman–Crippen LogP) is 1.83. The van der Waals surface area contributed by atoms with Crippen LogP contribution >= 0.6 is 11.8 Å². The molecular weight excluding hydrogens is 206 g/mol. The van der Waals surface area contributed by atoms with Crippen LogP contribution in [0.5, 0.6) is 0 Å². The molecule has 0 spiro atoms. The van der Waals surface area contributed by atoms with Crippen LogP contribution in [-0.2, 0) is 0 Å². The van der Waals surface area contributed by atoms with E-state index in [2.05, 4.69) is 5.43 Å². The largest absolute Gasteiger partial charge is 0.271 e. The minimum atomic E-state index is -0.578. The molecule has 0 amide bonds. The second kappa shape index (κ2) is 5.29. The molecule has 3 N–H and O–H groups in total. The molecule has 78 valence electrons. The number of nitrogens with two attached hydrogens (primary N) is 1. The van der Waals surface area contributed by atoms with Gasteiger partial charge in [-0.3, -0.25) is 11.3 Å². The van der Waals surface area contributed by atoms with E-state index in [9.17, 15) is 8.78 Å². The molecule has 2 nitrogen and oxygen atoms in total. The summed E-state index contributed by atoms with van der Waals surface area (Å²) in [5.74, 6) is 4.77. The molecule has 0 heterocycles. The molecule has 1 aromatic rings. The Balaban J connectivity index is 2.92. The molecule has 14 heavy (non-hydrogen) atoms. The molecule has 1 unspecified atom stereocenters. The van der Waals surface area contributed by atoms with Crippen molar-refractivity contribution in [2.45, 2.75) is 6.04 Å². The van der Waals surface area contributed by atoms with Crippen LogP contribution in [0.25, 0.3) is 0 Å². The first kappa shape index (κ1) is 11.4. The van der Waals surface area contributed by atoms with Crippen LogP contribution in [-0.4, -0.2) is 12.0 Å². The highest BCUT2D eigenvalue weighted by molar-refractivity contribution is 7.98. The van der Waals surface area contributed by atoms with Gasteiger partial charge in [-0.1, -0.05) is 6.07 Å². The van der Waals surface area contributed by atoms with Gasteiger partial charge >= 0.3 is 0 Å². The highest BCUT2D eigenvalue weighted by atomic mass is 32.2. The van der Waals surface area contributed by atoms with Crippen molar-refractivity contribution in [1.29, 1.82) is 0 Å². The van der Waals surface area contributed by atoms with Crippen LogP contribution in [0, 0.1) is 11.6 Å². The van der Waals surface area contributed by atoms with Crippen LogP contribution in [0.3, 0.4) is 0 Å². The average Bonchev–Trinajstić information content (AvgIpc) is 2.15. The zero-order valence-electron chi connectivity index (χ0n) is 7.76. The van der Waals surface area contributed by atoms with Gasteiger partial charge in [0.1, 0.15) is 11.6 Å². The molecule has 0 bridgehead atoms. The van der Waals surface area contributed by atoms with Gasteiger partial charge in [0.2, 0.25) is 0 Å². The lowest BCUT2D eigenvalue weighted by molar-refractivity contribution is 0.532. The van der Waals surface area contributed by atoms with Crippen molar-refractivity contribution in [2.24, 2.45) is 5.84 Å². The summed E-state index contributed by atoms with van der Waals surface area (Å²) >= 11 is 1.54. The lowest BCUT2D eigenvalue weighted by Crippen LogP contribution is -2.30. The molecular formula is C9H12F2N2S. The van der Waals surface area contributed by atoms with E-state index in [1.54, 1.807) is 0 Å². The maximum atomic E-state index is 13.3. The first-order chi connectivity index (χ1) is 6.69. The van der Waals surface area contributed by atoms with Crippen molar-refractivity contribution in [2.75, 3.05) is 12.0 Å². The van der Waals surface area contributed by atoms with E-state index in [1.165, 1.54) is 23.9 Å². The zero-order valence-corrected chi connectivity index (χ0v) is 8.57. The van der Waals surface area contributed by atoms with Gasteiger partial charge in [-0.2, -0.15) is 11.8 Å². The Hall–Kier alpha value is -0.650. The Bertz CT molecular complexity index is 307. The Kier molecular flexibility index (Phi) is 4.31. The molecule has 0 radical (unpaired) electrons. The number of thioether (sulfide) groups is 1. The summed E-state index contributed by atoms with van der Waals surface area (Å²) in [6.07, 6.45) is 1.89. The third-order valence-corrected chi connectivity index (χ3v) is 2.54. The third kappa shape index (κ3) is 2.67. The maximum Gasteiger partial charge on any atom is 0.130 e. The number of nitrogens with one attached hydrogen (secondary N) is 1. The monoisotopic (exact) mass is 218 g/mol. The smallest absolute Gasteiger partial charge is 0.130 e. The Morgan fingerprint density at radius 3 is 2.71 bits per heavy atom. The highest BCUT2D eigenvalue weighted by Gasteiger charge is 2.13. The normalized spacial score (nSPS) is 12.9. The predicted molar refractivity (Wildman–Crippen MR) is 54.8 cm³/mol. The summed E-state index contributed by atoms with van der Waals surface area (Å²) in [5, 5.41) is 0. The van der Waals surface area contributed by atoms with Gasteiger partial charge < -0.3 is 0 Å². The SMILES string of the molecule is CSCC(NN)c1ccc(F)cc1F. The van der Waals surface area contributed by atoms with Crippen LogP contribution in [0.1, 0.15) is 11.6 Å². The lowest BCUT2D eigenvalue weighted by atomic mass is 10.1. The van der Waals surface area contributed by atoms with Crippen LogP contribution in [0.2, 0.25) is 0 Å². The second-order valence-corrected chi connectivity index (χ2v) is 3.75. The average molecular weight is 218 g/mol. The summed E-state index contributed by atoms with van der Waals surface area (Å²) in [4.78, 5) is 0. The summed E-state index contributed by atoms with van der Waals surface area (Å²) < 4.78 is 25.9. The molecule has 1 aromatic carbocycles. The fourth-order valence-corrected chi connectivity index (χ4v) is 1.79. The first-order valence-corrected chi connectivity index (χ1v) is 5.48. The number of hydrazine groups is 1. The standard InChI is InChI=1S/C9H12F2N2S/c1-14-5-9(13-12)7-3-2-6(10)4-8(7)11/h2-4,9,13H,5,12H2,1H3. The maximum absolute atomic E-state index is 13.3. The molecule has 0 fully saturated rings. The van der Waals surface area contributed by atoms with Crippen molar-refractivity contribution >= 4 is 11.8 Å². The van der Waals surface area contributed by atoms with Gasteiger partial charge in [-0.05, 0) is 12.3 Å². The van der Waals surface area contributed by atoms with E-state index in [1.807, 2.05) is 6.26 Å². The summed E-state index contributed by atoms with van der Waals surface area (Å²) in [6.45, 7) is 0. The fraction of sp³-hybridized carbons (Fsp3) is 0.333. The summed E-state index contributed by atoms with van der Waals surface area (Å²) in [7, 11) is 0. The van der Waals surface area contributed by atoms with Gasteiger partial charge in [0.25, 0.3) is 0 Å². The van der Waals surface area contributed by atoms with Crippen molar-refractivity contribution in [3.8, 4) is 0 Å². The van der Waals surface area contributed by atoms with Crippen molar-refractivity contribution < 1.29 is 8.78 Å². The molecule has 0 saturated carbocycles. The minimum Gasteiger partial charge on any atom is -0.271 e. The van der Waals surface area contributed by atoms with E-state index < -0.39 is 11.6 Å². The minimum absolute atomic E-state index is 0.286. The van der Waals surface area contributed by atoms with Crippen molar-refractivity contribution in [1.82, 2.24) is 5.43 Å². The van der Waals surface area contributed by atoms with Crippen LogP contribution in [0.15, 0.2) is 18.2 Å². The number of halogens is 2. The Morgan fingerprint density at radius 1 is 1.50 bits per heavy atom. The van der Waals surface area contributed by atoms with Gasteiger partial charge in [0.05, 0.1) is 6.04 Å². The molecule has 1 rings (SSSR count). The molecule has 5 heteroatoms. The quantitative estimate of drug-likeness (QED) is 0.598. The van der Waals surface area contributed by atoms with E-state index >= 15 is 0 Å². The number of benzene rings is 1. The Labute approximate surface area is 85.8 Å². The van der Waals surface area contributed by atoms with Crippen molar-refractivity contribution in [3.05, 3.63) is 35.4 Å². The summed E-state index contributed by atoms with van der Waals surface area (Å²) in [6, 6.07) is 3.21. The summed E-state index contributed by atoms with van der Waals surface area (Å²) in [5.41, 5.74) is 2.89. The van der Waals surface area contributed by atoms with Crippen LogP contribution < -0.4 is 11.3 Å². The van der Waals surface area contributed by atoms with E-state index in [0.717, 1.165) is 6.07 Å². The topological polar surface area (TPSA) is 38.0 Å². The zero-order chi connectivity index (χ0) is 10.6. The second-order valence-electron chi connectivity index (χ2n) is 2.84. The van der Waals surface area contributed by atoms with E-state index in [0.29, 0.717) is 11.3 Å². The molecule has 0 aliphatic heterocycles. The molecule has 0 aliphatic carbocycles. The molecule has 1 atom stereocenters. The first-order valence-electron chi connectivity index (χ1n) is 4.09. The lowest BCUT2D eigenvalue weighted by Gasteiger charge is -2.15. The third-order valence-electron chi connectivity index (χ3n) is 1.87. The number of rotatable bonds is 4. The van der Waals surface area contributed by atoms with Gasteiger partial charge in [-0.25, -0.2) is 8.78 Å². The number of hydrogen-bond acceptors (Lipinski definition) is 3. The van der Waals surface area contributed by atoms with Crippen molar-refractivity contribution in [3.63, 3.8) is 0 Å².